The highest BCUT2D eigenvalue weighted by Gasteiger charge is 2.61. The van der Waals surface area contributed by atoms with Gasteiger partial charge in [0, 0.05) is 6.54 Å². The van der Waals surface area contributed by atoms with Crippen LogP contribution >= 0.6 is 0 Å². The van der Waals surface area contributed by atoms with Crippen LogP contribution in [0.15, 0.2) is 11.3 Å². The Labute approximate surface area is 111 Å². The van der Waals surface area contributed by atoms with Crippen LogP contribution in [0.2, 0.25) is 19.6 Å². The normalized spacial score (nSPS) is 37.0. The molecule has 2 aliphatic rings. The molecular weight excluding hydrogens is 242 g/mol. The Balaban J connectivity index is 2.54. The van der Waals surface area contributed by atoms with Crippen molar-refractivity contribution in [2.24, 2.45) is 5.92 Å². The summed E-state index contributed by atoms with van der Waals surface area (Å²) in [6.45, 7) is 9.67. The molecule has 18 heavy (non-hydrogen) atoms. The molecular formula is C14H25NO2Si. The van der Waals surface area contributed by atoms with Crippen LogP contribution in [0.25, 0.3) is 0 Å². The van der Waals surface area contributed by atoms with E-state index in [4.69, 9.17) is 0 Å². The number of likely N-dealkylation sites (N-methyl/N-ethyl adjacent to an activating group) is 1. The molecule has 0 saturated carbocycles. The zero-order chi connectivity index (χ0) is 13.7. The van der Waals surface area contributed by atoms with Gasteiger partial charge in [-0.25, -0.2) is 0 Å². The van der Waals surface area contributed by atoms with Crippen molar-refractivity contribution in [3.8, 4) is 0 Å². The van der Waals surface area contributed by atoms with Crippen molar-refractivity contribution in [2.45, 2.75) is 51.0 Å². The van der Waals surface area contributed by atoms with Gasteiger partial charge in [0.15, 0.2) is 5.78 Å². The van der Waals surface area contributed by atoms with Crippen LogP contribution in [0.3, 0.4) is 0 Å². The summed E-state index contributed by atoms with van der Waals surface area (Å²) in [5.41, 5.74) is -0.185. The van der Waals surface area contributed by atoms with Crippen molar-refractivity contribution >= 4 is 13.9 Å². The number of fused-ring (bicyclic) bond motifs is 1. The molecule has 1 aliphatic carbocycles. The van der Waals surface area contributed by atoms with Gasteiger partial charge < -0.3 is 5.11 Å². The number of carbonyl (C=O) groups is 1. The number of β-amino-alcohol motifs (C(OH)–C–C–N with tert-alkyl or cyclic N) is 1. The first kappa shape index (κ1) is 14.0. The van der Waals surface area contributed by atoms with Crippen molar-refractivity contribution in [3.05, 3.63) is 11.3 Å². The van der Waals surface area contributed by atoms with Gasteiger partial charge in [-0.15, -0.1) is 0 Å². The Morgan fingerprint density at radius 1 is 1.50 bits per heavy atom. The van der Waals surface area contributed by atoms with Crippen molar-refractivity contribution in [2.75, 3.05) is 13.6 Å². The van der Waals surface area contributed by atoms with Crippen molar-refractivity contribution < 1.29 is 9.90 Å². The van der Waals surface area contributed by atoms with Gasteiger partial charge in [-0.05, 0) is 19.5 Å². The molecule has 1 saturated heterocycles. The lowest BCUT2D eigenvalue weighted by Gasteiger charge is -2.43. The van der Waals surface area contributed by atoms with E-state index in [1.807, 2.05) is 6.08 Å². The molecule has 3 atom stereocenters. The summed E-state index contributed by atoms with van der Waals surface area (Å²) >= 11 is 0. The Bertz CT molecular complexity index is 399. The van der Waals surface area contributed by atoms with Crippen LogP contribution in [0, 0.1) is 5.92 Å². The number of hydrogen-bond donors (Lipinski definition) is 1. The Hall–Kier alpha value is -0.453. The molecule has 0 radical (unpaired) electrons. The number of ketones is 1. The third kappa shape index (κ3) is 1.73. The molecule has 102 valence electrons. The number of nitrogens with zero attached hydrogens (tertiary/aromatic N) is 1. The van der Waals surface area contributed by atoms with E-state index in [0.29, 0.717) is 6.54 Å². The number of rotatable bonds is 3. The van der Waals surface area contributed by atoms with E-state index in [1.54, 1.807) is 0 Å². The molecule has 0 bridgehead atoms. The molecule has 1 unspecified atom stereocenters. The van der Waals surface area contributed by atoms with Gasteiger partial charge in [-0.2, -0.15) is 0 Å². The fourth-order valence-electron chi connectivity index (χ4n) is 3.99. The summed E-state index contributed by atoms with van der Waals surface area (Å²) < 4.78 is 0. The summed E-state index contributed by atoms with van der Waals surface area (Å²) in [5, 5.41) is 11.6. The molecule has 2 rings (SSSR count). The smallest absolute Gasteiger partial charge is 0.163 e. The monoisotopic (exact) mass is 267 g/mol. The van der Waals surface area contributed by atoms with Crippen LogP contribution in [-0.4, -0.2) is 49.1 Å². The third-order valence-corrected chi connectivity index (χ3v) is 6.73. The fourth-order valence-corrected chi connectivity index (χ4v) is 6.33. The van der Waals surface area contributed by atoms with Crippen LogP contribution in [0.5, 0.6) is 0 Å². The van der Waals surface area contributed by atoms with E-state index in [-0.39, 0.29) is 17.2 Å². The number of likely N-dealkylation sites (tertiary alicyclic amines) is 1. The van der Waals surface area contributed by atoms with E-state index < -0.39 is 14.2 Å². The predicted molar refractivity (Wildman–Crippen MR) is 76.2 cm³/mol. The number of aliphatic hydroxyl groups excluding tert-OH is 1. The number of carbonyl (C=O) groups excluding carboxylic acids is 1. The SMILES string of the molecule is CCC[C@]12C([Si](C)(C)C)=CC(=O)C1[C@@H](O)CN2C. The van der Waals surface area contributed by atoms with Gasteiger partial charge in [0.2, 0.25) is 0 Å². The highest BCUT2D eigenvalue weighted by atomic mass is 28.3. The van der Waals surface area contributed by atoms with E-state index in [1.165, 1.54) is 5.20 Å². The fraction of sp³-hybridized carbons (Fsp3) is 0.786. The zero-order valence-corrected chi connectivity index (χ0v) is 13.2. The zero-order valence-electron chi connectivity index (χ0n) is 12.2. The Morgan fingerprint density at radius 3 is 2.61 bits per heavy atom. The largest absolute Gasteiger partial charge is 0.391 e. The lowest BCUT2D eigenvalue weighted by atomic mass is 9.82. The van der Waals surface area contributed by atoms with Crippen molar-refractivity contribution in [1.29, 1.82) is 0 Å². The quantitative estimate of drug-likeness (QED) is 0.793. The van der Waals surface area contributed by atoms with E-state index in [2.05, 4.69) is 38.5 Å². The van der Waals surface area contributed by atoms with E-state index in [0.717, 1.165) is 12.8 Å². The standard InChI is InChI=1S/C14H25NO2Si/c1-6-7-14-12(18(3,4)5)8-10(16)13(14)11(17)9-15(14)2/h8,11,13,17H,6-7,9H2,1-5H3/t11-,13?,14-/m0/s1. The van der Waals surface area contributed by atoms with E-state index in [9.17, 15) is 9.90 Å². The molecule has 1 aliphatic heterocycles. The van der Waals surface area contributed by atoms with Crippen molar-refractivity contribution in [3.63, 3.8) is 0 Å². The van der Waals surface area contributed by atoms with Crippen LogP contribution in [-0.2, 0) is 4.79 Å². The second-order valence-corrected chi connectivity index (χ2v) is 11.8. The van der Waals surface area contributed by atoms with Crippen LogP contribution in [0.4, 0.5) is 0 Å². The molecule has 1 N–H and O–H groups in total. The van der Waals surface area contributed by atoms with Gasteiger partial charge in [0.25, 0.3) is 0 Å². The highest BCUT2D eigenvalue weighted by Crippen LogP contribution is 2.50. The Morgan fingerprint density at radius 2 is 2.11 bits per heavy atom. The third-order valence-electron chi connectivity index (χ3n) is 4.54. The molecule has 0 aromatic rings. The van der Waals surface area contributed by atoms with Gasteiger partial charge in [0.1, 0.15) is 0 Å². The molecule has 4 heteroatoms. The maximum atomic E-state index is 12.3. The molecule has 3 nitrogen and oxygen atoms in total. The number of hydrogen-bond acceptors (Lipinski definition) is 3. The molecule has 0 amide bonds. The first-order valence-electron chi connectivity index (χ1n) is 6.91. The molecule has 0 aromatic carbocycles. The average molecular weight is 267 g/mol. The van der Waals surface area contributed by atoms with Gasteiger partial charge in [-0.3, -0.25) is 9.69 Å². The van der Waals surface area contributed by atoms with E-state index >= 15 is 0 Å². The maximum absolute atomic E-state index is 12.3. The van der Waals surface area contributed by atoms with Gasteiger partial charge in [0.05, 0.1) is 25.6 Å². The minimum Gasteiger partial charge on any atom is -0.391 e. The molecule has 0 spiro atoms. The van der Waals surface area contributed by atoms with Crippen LogP contribution < -0.4 is 0 Å². The lowest BCUT2D eigenvalue weighted by molar-refractivity contribution is -0.121. The minimum absolute atomic E-state index is 0.151. The van der Waals surface area contributed by atoms with Crippen LogP contribution in [0.1, 0.15) is 19.8 Å². The number of allylic oxidation sites excluding steroid dienone is 1. The first-order valence-corrected chi connectivity index (χ1v) is 10.4. The first-order chi connectivity index (χ1) is 8.25. The molecule has 0 aromatic heterocycles. The van der Waals surface area contributed by atoms with Gasteiger partial charge in [-0.1, -0.05) is 38.2 Å². The second-order valence-electron chi connectivity index (χ2n) is 6.81. The summed E-state index contributed by atoms with van der Waals surface area (Å²) in [7, 11) is 0.516. The van der Waals surface area contributed by atoms with Crippen molar-refractivity contribution in [1.82, 2.24) is 4.90 Å². The summed E-state index contributed by atoms with van der Waals surface area (Å²) in [6.07, 6.45) is 3.39. The lowest BCUT2D eigenvalue weighted by Crippen LogP contribution is -2.52. The molecule has 1 fully saturated rings. The minimum atomic E-state index is -1.55. The topological polar surface area (TPSA) is 40.5 Å². The number of aliphatic hydroxyl groups is 1. The summed E-state index contributed by atoms with van der Waals surface area (Å²) in [4.78, 5) is 14.5. The maximum Gasteiger partial charge on any atom is 0.163 e. The second kappa shape index (κ2) is 4.29. The Kier molecular flexibility index (Phi) is 3.33. The summed E-state index contributed by atoms with van der Waals surface area (Å²) in [5.74, 6) is -0.0677. The molecule has 1 heterocycles. The van der Waals surface area contributed by atoms with Gasteiger partial charge >= 0.3 is 0 Å². The highest BCUT2D eigenvalue weighted by molar-refractivity contribution is 6.84. The average Bonchev–Trinajstić information content (AvgIpc) is 2.64. The summed E-state index contributed by atoms with van der Waals surface area (Å²) in [6, 6.07) is 0. The predicted octanol–water partition coefficient (Wildman–Crippen LogP) is 1.83.